The molecule has 4 heteroatoms. The molecule has 0 radical (unpaired) electrons. The highest BCUT2D eigenvalue weighted by atomic mass is 16.7. The van der Waals surface area contributed by atoms with Crippen LogP contribution in [0.4, 0.5) is 0 Å². The van der Waals surface area contributed by atoms with Gasteiger partial charge in [0, 0.05) is 23.2 Å². The minimum Gasteiger partial charge on any atom is -0.494 e. The van der Waals surface area contributed by atoms with Crippen molar-refractivity contribution in [2.75, 3.05) is 19.8 Å². The van der Waals surface area contributed by atoms with Crippen molar-refractivity contribution in [3.8, 4) is 17.0 Å². The molecule has 1 saturated heterocycles. The Morgan fingerprint density at radius 1 is 0.667 bits per heavy atom. The van der Waals surface area contributed by atoms with Crippen LogP contribution in [0.25, 0.3) is 11.3 Å². The van der Waals surface area contributed by atoms with Crippen molar-refractivity contribution in [2.24, 2.45) is 5.92 Å². The van der Waals surface area contributed by atoms with Crippen LogP contribution in [0, 0.1) is 5.92 Å². The number of ether oxygens (including phenoxy) is 3. The van der Waals surface area contributed by atoms with Gasteiger partial charge in [-0.25, -0.2) is 0 Å². The van der Waals surface area contributed by atoms with E-state index in [1.165, 1.54) is 103 Å². The van der Waals surface area contributed by atoms with Gasteiger partial charge in [-0.1, -0.05) is 116 Å². The van der Waals surface area contributed by atoms with Gasteiger partial charge < -0.3 is 14.2 Å². The standard InChI is InChI=1S/C35H55NO3/c1-3-5-7-9-11-13-15-17-19-30-28-38-35(39-29-30)32-22-25-34(36-27-32)31-20-23-33(24-21-31)37-26-18-16-14-12-10-8-6-4-2/h20-25,27,30,35H,3-19,26,28-29H2,1-2H3/t30-,35-. The van der Waals surface area contributed by atoms with Crippen LogP contribution in [-0.4, -0.2) is 24.8 Å². The van der Waals surface area contributed by atoms with E-state index in [2.05, 4.69) is 50.2 Å². The molecule has 1 aliphatic heterocycles. The average Bonchev–Trinajstić information content (AvgIpc) is 2.98. The van der Waals surface area contributed by atoms with E-state index < -0.39 is 0 Å². The third-order valence-corrected chi connectivity index (χ3v) is 7.91. The Balaban J connectivity index is 1.28. The van der Waals surface area contributed by atoms with Crippen molar-refractivity contribution >= 4 is 0 Å². The van der Waals surface area contributed by atoms with Gasteiger partial charge in [0.15, 0.2) is 6.29 Å². The largest absolute Gasteiger partial charge is 0.494 e. The zero-order valence-corrected chi connectivity index (χ0v) is 25.0. The maximum atomic E-state index is 6.07. The first kappa shape index (κ1) is 31.6. The molecule has 0 amide bonds. The van der Waals surface area contributed by atoms with E-state index in [1.54, 1.807) is 0 Å². The Labute approximate surface area is 239 Å². The molecule has 4 nitrogen and oxygen atoms in total. The van der Waals surface area contributed by atoms with E-state index in [4.69, 9.17) is 19.2 Å². The summed E-state index contributed by atoms with van der Waals surface area (Å²) in [4.78, 5) is 4.69. The molecule has 2 aromatic rings. The van der Waals surface area contributed by atoms with Gasteiger partial charge >= 0.3 is 0 Å². The van der Waals surface area contributed by atoms with Crippen molar-refractivity contribution in [1.82, 2.24) is 4.98 Å². The molecule has 0 bridgehead atoms. The molecule has 0 unspecified atom stereocenters. The summed E-state index contributed by atoms with van der Waals surface area (Å²) in [6, 6.07) is 12.4. The average molecular weight is 538 g/mol. The fraction of sp³-hybridized carbons (Fsp3) is 0.686. The Kier molecular flexibility index (Phi) is 16.2. The second kappa shape index (κ2) is 20.0. The highest BCUT2D eigenvalue weighted by Crippen LogP contribution is 2.29. The highest BCUT2D eigenvalue weighted by molar-refractivity contribution is 5.60. The molecule has 218 valence electrons. The molecule has 0 saturated carbocycles. The third kappa shape index (κ3) is 12.9. The lowest BCUT2D eigenvalue weighted by Gasteiger charge is -2.29. The van der Waals surface area contributed by atoms with Crippen molar-refractivity contribution in [2.45, 2.75) is 129 Å². The van der Waals surface area contributed by atoms with Crippen molar-refractivity contribution in [1.29, 1.82) is 0 Å². The van der Waals surface area contributed by atoms with Crippen LogP contribution in [0.1, 0.15) is 135 Å². The molecule has 3 rings (SSSR count). The normalized spacial score (nSPS) is 17.4. The minimum absolute atomic E-state index is 0.298. The van der Waals surface area contributed by atoms with Gasteiger partial charge in [0.25, 0.3) is 0 Å². The Bertz CT molecular complexity index is 843. The predicted octanol–water partition coefficient (Wildman–Crippen LogP) is 10.5. The molecule has 1 aliphatic rings. The summed E-state index contributed by atoms with van der Waals surface area (Å²) < 4.78 is 18.1. The fourth-order valence-electron chi connectivity index (χ4n) is 5.33. The Morgan fingerprint density at radius 2 is 1.23 bits per heavy atom. The molecular formula is C35H55NO3. The molecule has 0 aliphatic carbocycles. The van der Waals surface area contributed by atoms with Crippen LogP contribution in [0.3, 0.4) is 0 Å². The van der Waals surface area contributed by atoms with Gasteiger partial charge in [0.2, 0.25) is 0 Å². The molecule has 39 heavy (non-hydrogen) atoms. The topological polar surface area (TPSA) is 40.6 Å². The van der Waals surface area contributed by atoms with Gasteiger partial charge in [-0.05, 0) is 43.2 Å². The first-order valence-corrected chi connectivity index (χ1v) is 16.2. The van der Waals surface area contributed by atoms with Crippen LogP contribution < -0.4 is 4.74 Å². The number of benzene rings is 1. The molecule has 0 N–H and O–H groups in total. The smallest absolute Gasteiger partial charge is 0.185 e. The first-order valence-electron chi connectivity index (χ1n) is 16.2. The lowest BCUT2D eigenvalue weighted by atomic mass is 10.0. The van der Waals surface area contributed by atoms with Gasteiger partial charge in [0.1, 0.15) is 5.75 Å². The summed E-state index contributed by atoms with van der Waals surface area (Å²) in [5.74, 6) is 1.45. The van der Waals surface area contributed by atoms with E-state index in [9.17, 15) is 0 Å². The Morgan fingerprint density at radius 3 is 1.79 bits per heavy atom. The monoisotopic (exact) mass is 537 g/mol. The van der Waals surface area contributed by atoms with Crippen molar-refractivity contribution in [3.63, 3.8) is 0 Å². The number of hydrogen-bond acceptors (Lipinski definition) is 4. The van der Waals surface area contributed by atoms with Gasteiger partial charge in [-0.15, -0.1) is 0 Å². The zero-order chi connectivity index (χ0) is 27.4. The second-order valence-corrected chi connectivity index (χ2v) is 11.5. The van der Waals surface area contributed by atoms with Crippen LogP contribution in [0.2, 0.25) is 0 Å². The predicted molar refractivity (Wildman–Crippen MR) is 163 cm³/mol. The number of aromatic nitrogens is 1. The fourth-order valence-corrected chi connectivity index (χ4v) is 5.33. The molecule has 1 fully saturated rings. The molecule has 2 heterocycles. The van der Waals surface area contributed by atoms with Crippen LogP contribution >= 0.6 is 0 Å². The third-order valence-electron chi connectivity index (χ3n) is 7.91. The number of hydrogen-bond donors (Lipinski definition) is 0. The summed E-state index contributed by atoms with van der Waals surface area (Å²) in [6.07, 6.45) is 24.2. The quantitative estimate of drug-likeness (QED) is 0.148. The molecule has 1 aromatic carbocycles. The number of unbranched alkanes of at least 4 members (excludes halogenated alkanes) is 14. The van der Waals surface area contributed by atoms with E-state index >= 15 is 0 Å². The number of pyridine rings is 1. The van der Waals surface area contributed by atoms with Gasteiger partial charge in [0.05, 0.1) is 25.5 Å². The van der Waals surface area contributed by atoms with E-state index in [1.807, 2.05) is 6.20 Å². The lowest BCUT2D eigenvalue weighted by Crippen LogP contribution is -2.27. The van der Waals surface area contributed by atoms with Crippen LogP contribution in [0.15, 0.2) is 42.6 Å². The summed E-state index contributed by atoms with van der Waals surface area (Å²) >= 11 is 0. The summed E-state index contributed by atoms with van der Waals surface area (Å²) in [5, 5.41) is 0. The lowest BCUT2D eigenvalue weighted by molar-refractivity contribution is -0.206. The van der Waals surface area contributed by atoms with E-state index in [0.717, 1.165) is 48.8 Å². The zero-order valence-electron chi connectivity index (χ0n) is 25.0. The van der Waals surface area contributed by atoms with Crippen molar-refractivity contribution in [3.05, 3.63) is 48.2 Å². The summed E-state index contributed by atoms with van der Waals surface area (Å²) in [7, 11) is 0. The van der Waals surface area contributed by atoms with Crippen molar-refractivity contribution < 1.29 is 14.2 Å². The van der Waals surface area contributed by atoms with Gasteiger partial charge in [-0.3, -0.25) is 4.98 Å². The minimum atomic E-state index is -0.298. The molecule has 0 atom stereocenters. The number of rotatable bonds is 21. The summed E-state index contributed by atoms with van der Waals surface area (Å²) in [5.41, 5.74) is 3.04. The van der Waals surface area contributed by atoms with Crippen LogP contribution in [0.5, 0.6) is 5.75 Å². The Hall–Kier alpha value is -1.91. The molecule has 0 spiro atoms. The summed E-state index contributed by atoms with van der Waals surface area (Å²) in [6.45, 7) is 6.90. The molecular weight excluding hydrogens is 482 g/mol. The SMILES string of the molecule is CCCCCCCCCCOc1ccc(-c2ccc([C@H]3OC[C@H](CCCCCCCCCC)CO3)cn2)cc1. The maximum Gasteiger partial charge on any atom is 0.185 e. The number of nitrogens with zero attached hydrogens (tertiary/aromatic N) is 1. The second-order valence-electron chi connectivity index (χ2n) is 11.5. The maximum absolute atomic E-state index is 6.07. The molecule has 1 aromatic heterocycles. The van der Waals surface area contributed by atoms with Crippen LogP contribution in [-0.2, 0) is 9.47 Å². The highest BCUT2D eigenvalue weighted by Gasteiger charge is 2.23. The van der Waals surface area contributed by atoms with E-state index in [-0.39, 0.29) is 6.29 Å². The van der Waals surface area contributed by atoms with E-state index in [0.29, 0.717) is 5.92 Å². The van der Waals surface area contributed by atoms with Gasteiger partial charge in [-0.2, -0.15) is 0 Å². The first-order chi connectivity index (χ1) is 19.3.